The zero-order valence-electron chi connectivity index (χ0n) is 8.83. The Hall–Kier alpha value is -1.10. The van der Waals surface area contributed by atoms with Crippen molar-refractivity contribution >= 4 is 11.9 Å². The fourth-order valence-electron chi connectivity index (χ4n) is 0.783. The van der Waals surface area contributed by atoms with Crippen molar-refractivity contribution < 1.29 is 14.7 Å². The van der Waals surface area contributed by atoms with Gasteiger partial charge in [-0.1, -0.05) is 20.8 Å². The molecule has 1 unspecified atom stereocenters. The smallest absolute Gasteiger partial charge is 0.330 e. The second kappa shape index (κ2) is 4.95. The summed E-state index contributed by atoms with van der Waals surface area (Å²) >= 11 is 0. The molecule has 1 amide bonds. The molecule has 4 N–H and O–H groups in total. The lowest BCUT2D eigenvalue weighted by atomic mass is 9.92. The summed E-state index contributed by atoms with van der Waals surface area (Å²) in [6, 6.07) is -1.46. The van der Waals surface area contributed by atoms with Crippen molar-refractivity contribution in [2.75, 3.05) is 6.54 Å². The summed E-state index contributed by atoms with van der Waals surface area (Å²) in [7, 11) is 0. The Kier molecular flexibility index (Phi) is 4.56. The standard InChI is InChI=1S/C9H18N2O3/c1-9(2,3)4-5-11-7(12)6(10)8(13)14/h6H,4-5,10H2,1-3H3,(H,11,12)(H,13,14). The van der Waals surface area contributed by atoms with Crippen molar-refractivity contribution in [2.24, 2.45) is 11.1 Å². The van der Waals surface area contributed by atoms with E-state index in [0.717, 1.165) is 6.42 Å². The molecule has 0 aliphatic rings. The number of carbonyl (C=O) groups excluding carboxylic acids is 1. The zero-order chi connectivity index (χ0) is 11.4. The highest BCUT2D eigenvalue weighted by Crippen LogP contribution is 2.16. The Bertz CT molecular complexity index is 221. The van der Waals surface area contributed by atoms with E-state index in [2.05, 4.69) is 5.32 Å². The van der Waals surface area contributed by atoms with E-state index in [0.29, 0.717) is 6.54 Å². The van der Waals surface area contributed by atoms with E-state index in [1.54, 1.807) is 0 Å². The summed E-state index contributed by atoms with van der Waals surface area (Å²) in [5.74, 6) is -1.94. The second-order valence-corrected chi connectivity index (χ2v) is 4.42. The maximum atomic E-state index is 11.1. The quantitative estimate of drug-likeness (QED) is 0.557. The van der Waals surface area contributed by atoms with Gasteiger partial charge in [-0.3, -0.25) is 4.79 Å². The molecule has 0 saturated heterocycles. The van der Waals surface area contributed by atoms with Gasteiger partial charge in [0, 0.05) is 6.54 Å². The number of carbonyl (C=O) groups is 2. The third kappa shape index (κ3) is 5.53. The van der Waals surface area contributed by atoms with Crippen LogP contribution in [0.3, 0.4) is 0 Å². The molecule has 0 aromatic heterocycles. The van der Waals surface area contributed by atoms with Crippen LogP contribution in [-0.2, 0) is 9.59 Å². The molecule has 82 valence electrons. The van der Waals surface area contributed by atoms with Gasteiger partial charge in [0.15, 0.2) is 6.04 Å². The first-order chi connectivity index (χ1) is 6.24. The van der Waals surface area contributed by atoms with Gasteiger partial charge in [-0.2, -0.15) is 0 Å². The van der Waals surface area contributed by atoms with Gasteiger partial charge in [0.05, 0.1) is 0 Å². The molecule has 0 aliphatic heterocycles. The number of nitrogens with two attached hydrogens (primary N) is 1. The molecule has 0 bridgehead atoms. The van der Waals surface area contributed by atoms with Gasteiger partial charge in [0.2, 0.25) is 5.91 Å². The number of nitrogens with one attached hydrogen (secondary N) is 1. The molecule has 0 aliphatic carbocycles. The Morgan fingerprint density at radius 3 is 2.29 bits per heavy atom. The van der Waals surface area contributed by atoms with Gasteiger partial charge in [0.1, 0.15) is 0 Å². The predicted molar refractivity (Wildman–Crippen MR) is 52.7 cm³/mol. The third-order valence-corrected chi connectivity index (χ3v) is 1.72. The van der Waals surface area contributed by atoms with Crippen LogP contribution in [0.15, 0.2) is 0 Å². The predicted octanol–water partition coefficient (Wildman–Crippen LogP) is -0.0493. The number of carboxylic acids is 1. The molecule has 0 aromatic rings. The van der Waals surface area contributed by atoms with Crippen LogP contribution >= 0.6 is 0 Å². The number of amides is 1. The van der Waals surface area contributed by atoms with Crippen molar-refractivity contribution in [3.8, 4) is 0 Å². The summed E-state index contributed by atoms with van der Waals surface area (Å²) in [5, 5.41) is 10.9. The SMILES string of the molecule is CC(C)(C)CCNC(=O)C(N)C(=O)O. The highest BCUT2D eigenvalue weighted by atomic mass is 16.4. The van der Waals surface area contributed by atoms with E-state index in [9.17, 15) is 9.59 Å². The van der Waals surface area contributed by atoms with Gasteiger partial charge in [0.25, 0.3) is 0 Å². The lowest BCUT2D eigenvalue weighted by Crippen LogP contribution is -2.46. The Morgan fingerprint density at radius 1 is 1.43 bits per heavy atom. The van der Waals surface area contributed by atoms with Gasteiger partial charge in [-0.25, -0.2) is 4.79 Å². The van der Waals surface area contributed by atoms with Crippen LogP contribution in [0.1, 0.15) is 27.2 Å². The molecule has 0 spiro atoms. The van der Waals surface area contributed by atoms with Gasteiger partial charge in [-0.15, -0.1) is 0 Å². The van der Waals surface area contributed by atoms with Crippen LogP contribution in [0.2, 0.25) is 0 Å². The first-order valence-corrected chi connectivity index (χ1v) is 4.50. The molecule has 0 radical (unpaired) electrons. The van der Waals surface area contributed by atoms with E-state index in [1.165, 1.54) is 0 Å². The van der Waals surface area contributed by atoms with E-state index < -0.39 is 17.9 Å². The molecule has 1 atom stereocenters. The number of hydrogen-bond acceptors (Lipinski definition) is 3. The molecule has 0 saturated carbocycles. The van der Waals surface area contributed by atoms with E-state index in [4.69, 9.17) is 10.8 Å². The van der Waals surface area contributed by atoms with Crippen LogP contribution in [0.5, 0.6) is 0 Å². The minimum Gasteiger partial charge on any atom is -0.480 e. The monoisotopic (exact) mass is 202 g/mol. The Balaban J connectivity index is 3.81. The molecular formula is C9H18N2O3. The maximum absolute atomic E-state index is 11.1. The largest absolute Gasteiger partial charge is 0.480 e. The zero-order valence-corrected chi connectivity index (χ0v) is 8.83. The fraction of sp³-hybridized carbons (Fsp3) is 0.778. The summed E-state index contributed by atoms with van der Waals surface area (Å²) in [5.41, 5.74) is 5.21. The number of carboxylic acid groups (broad SMARTS) is 1. The maximum Gasteiger partial charge on any atom is 0.330 e. The fourth-order valence-corrected chi connectivity index (χ4v) is 0.783. The first-order valence-electron chi connectivity index (χ1n) is 4.50. The van der Waals surface area contributed by atoms with Crippen molar-refractivity contribution in [1.82, 2.24) is 5.32 Å². The molecular weight excluding hydrogens is 184 g/mol. The molecule has 0 aromatic carbocycles. The van der Waals surface area contributed by atoms with E-state index >= 15 is 0 Å². The van der Waals surface area contributed by atoms with Crippen LogP contribution in [-0.4, -0.2) is 29.6 Å². The molecule has 5 nitrogen and oxygen atoms in total. The summed E-state index contributed by atoms with van der Waals surface area (Å²) < 4.78 is 0. The van der Waals surface area contributed by atoms with Crippen molar-refractivity contribution in [3.05, 3.63) is 0 Å². The molecule has 0 heterocycles. The minimum atomic E-state index is -1.46. The molecule has 0 fully saturated rings. The van der Waals surface area contributed by atoms with Gasteiger partial charge < -0.3 is 16.2 Å². The highest BCUT2D eigenvalue weighted by Gasteiger charge is 2.21. The normalized spacial score (nSPS) is 13.4. The van der Waals surface area contributed by atoms with Crippen molar-refractivity contribution in [1.29, 1.82) is 0 Å². The van der Waals surface area contributed by atoms with Crippen molar-refractivity contribution in [2.45, 2.75) is 33.2 Å². The van der Waals surface area contributed by atoms with E-state index in [-0.39, 0.29) is 5.41 Å². The molecule has 0 rings (SSSR count). The van der Waals surface area contributed by atoms with Crippen LogP contribution < -0.4 is 11.1 Å². The second-order valence-electron chi connectivity index (χ2n) is 4.42. The Labute approximate surface area is 83.7 Å². The summed E-state index contributed by atoms with van der Waals surface area (Å²) in [6.07, 6.45) is 0.783. The van der Waals surface area contributed by atoms with Crippen LogP contribution in [0, 0.1) is 5.41 Å². The molecule has 14 heavy (non-hydrogen) atoms. The lowest BCUT2D eigenvalue weighted by Gasteiger charge is -2.18. The summed E-state index contributed by atoms with van der Waals surface area (Å²) in [6.45, 7) is 6.56. The van der Waals surface area contributed by atoms with Crippen molar-refractivity contribution in [3.63, 3.8) is 0 Å². The third-order valence-electron chi connectivity index (χ3n) is 1.72. The lowest BCUT2D eigenvalue weighted by molar-refractivity contribution is -0.142. The summed E-state index contributed by atoms with van der Waals surface area (Å²) in [4.78, 5) is 21.4. The number of rotatable bonds is 4. The number of aliphatic carboxylic acids is 1. The van der Waals surface area contributed by atoms with E-state index in [1.807, 2.05) is 20.8 Å². The highest BCUT2D eigenvalue weighted by molar-refractivity contribution is 6.00. The minimum absolute atomic E-state index is 0.112. The van der Waals surface area contributed by atoms with Crippen LogP contribution in [0.4, 0.5) is 0 Å². The topological polar surface area (TPSA) is 92.4 Å². The average molecular weight is 202 g/mol. The average Bonchev–Trinajstić information content (AvgIpc) is 2.00. The van der Waals surface area contributed by atoms with Gasteiger partial charge >= 0.3 is 5.97 Å². The van der Waals surface area contributed by atoms with Crippen LogP contribution in [0.25, 0.3) is 0 Å². The van der Waals surface area contributed by atoms with Gasteiger partial charge in [-0.05, 0) is 11.8 Å². The Morgan fingerprint density at radius 2 is 1.93 bits per heavy atom. The molecule has 5 heteroatoms. The first kappa shape index (κ1) is 12.9. The number of hydrogen-bond donors (Lipinski definition) is 3.